The molecule has 1 aliphatic carbocycles. The first kappa shape index (κ1) is 7.31. The van der Waals surface area contributed by atoms with Crippen molar-refractivity contribution in [3.05, 3.63) is 29.3 Å². The van der Waals surface area contributed by atoms with Crippen molar-refractivity contribution in [3.8, 4) is 0 Å². The predicted octanol–water partition coefficient (Wildman–Crippen LogP) is 0.855. The molecule has 0 spiro atoms. The van der Waals surface area contributed by atoms with Gasteiger partial charge in [-0.2, -0.15) is 0 Å². The average Bonchev–Trinajstić information content (AvgIpc) is 2.28. The lowest BCUT2D eigenvalue weighted by molar-refractivity contribution is 0.0989. The molecule has 0 fully saturated rings. The van der Waals surface area contributed by atoms with Crippen LogP contribution in [0.2, 0.25) is 0 Å². The lowest BCUT2D eigenvalue weighted by Gasteiger charge is -2.02. The minimum atomic E-state index is -0.131. The summed E-state index contributed by atoms with van der Waals surface area (Å²) in [6.45, 7) is 0. The van der Waals surface area contributed by atoms with Gasteiger partial charge in [0.25, 0.3) is 0 Å². The molecule has 1 aliphatic rings. The Kier molecular flexibility index (Phi) is 1.41. The number of nitrogen functional groups attached to an aromatic ring is 1. The Morgan fingerprint density at radius 1 is 1.42 bits per heavy atom. The summed E-state index contributed by atoms with van der Waals surface area (Å²) in [5, 5.41) is 0. The number of nitrogens with two attached hydrogens (primary N) is 2. The fourth-order valence-electron chi connectivity index (χ4n) is 1.56. The molecule has 0 radical (unpaired) electrons. The summed E-state index contributed by atoms with van der Waals surface area (Å²) in [5.41, 5.74) is 13.5. The van der Waals surface area contributed by atoms with Crippen LogP contribution >= 0.6 is 0 Å². The van der Waals surface area contributed by atoms with E-state index in [0.29, 0.717) is 17.7 Å². The monoisotopic (exact) mass is 162 g/mol. The standard InChI is InChI=1S/C9H10N2O/c10-5-1-2-6-7(3-5)9(12)4-8(6)11/h1-3,8H,4,10-11H2. The Morgan fingerprint density at radius 3 is 2.92 bits per heavy atom. The SMILES string of the molecule is Nc1ccc2c(c1)C(=O)CC2N. The van der Waals surface area contributed by atoms with E-state index >= 15 is 0 Å². The highest BCUT2D eigenvalue weighted by Gasteiger charge is 2.26. The van der Waals surface area contributed by atoms with E-state index in [1.54, 1.807) is 12.1 Å². The van der Waals surface area contributed by atoms with E-state index in [1.165, 1.54) is 0 Å². The highest BCUT2D eigenvalue weighted by Crippen LogP contribution is 2.30. The molecular formula is C9H10N2O. The first-order valence-corrected chi connectivity index (χ1v) is 3.86. The molecule has 3 heteroatoms. The molecule has 62 valence electrons. The van der Waals surface area contributed by atoms with Gasteiger partial charge in [-0.05, 0) is 17.7 Å². The number of Topliss-reactive ketones (excluding diaryl/α,β-unsaturated/α-hetero) is 1. The summed E-state index contributed by atoms with van der Waals surface area (Å²) in [7, 11) is 0. The number of benzene rings is 1. The van der Waals surface area contributed by atoms with Crippen LogP contribution in [0.4, 0.5) is 5.69 Å². The highest BCUT2D eigenvalue weighted by atomic mass is 16.1. The van der Waals surface area contributed by atoms with Gasteiger partial charge in [-0.1, -0.05) is 6.07 Å². The first-order chi connectivity index (χ1) is 5.68. The molecule has 3 nitrogen and oxygen atoms in total. The Hall–Kier alpha value is -1.35. The number of ketones is 1. The second kappa shape index (κ2) is 2.32. The molecule has 0 bridgehead atoms. The Balaban J connectivity index is 2.60. The Labute approximate surface area is 70.4 Å². The fraction of sp³-hybridized carbons (Fsp3) is 0.222. The minimum Gasteiger partial charge on any atom is -0.399 e. The summed E-state index contributed by atoms with van der Waals surface area (Å²) in [6.07, 6.45) is 0.415. The van der Waals surface area contributed by atoms with E-state index in [9.17, 15) is 4.79 Å². The van der Waals surface area contributed by atoms with Crippen molar-refractivity contribution in [1.82, 2.24) is 0 Å². The number of rotatable bonds is 0. The smallest absolute Gasteiger partial charge is 0.165 e. The van der Waals surface area contributed by atoms with Crippen LogP contribution in [0.3, 0.4) is 0 Å². The number of carbonyl (C=O) groups excluding carboxylic acids is 1. The van der Waals surface area contributed by atoms with Crippen LogP contribution in [0.25, 0.3) is 0 Å². The van der Waals surface area contributed by atoms with Gasteiger partial charge in [0.2, 0.25) is 0 Å². The van der Waals surface area contributed by atoms with Crippen molar-refractivity contribution in [2.24, 2.45) is 5.73 Å². The van der Waals surface area contributed by atoms with Crippen molar-refractivity contribution in [2.45, 2.75) is 12.5 Å². The second-order valence-corrected chi connectivity index (χ2v) is 3.08. The van der Waals surface area contributed by atoms with Gasteiger partial charge >= 0.3 is 0 Å². The Bertz CT molecular complexity index is 346. The van der Waals surface area contributed by atoms with Crippen molar-refractivity contribution < 1.29 is 4.79 Å². The van der Waals surface area contributed by atoms with Gasteiger partial charge in [-0.15, -0.1) is 0 Å². The molecule has 0 saturated carbocycles. The molecule has 4 N–H and O–H groups in total. The number of carbonyl (C=O) groups is 1. The molecule has 1 atom stereocenters. The third-order valence-corrected chi connectivity index (χ3v) is 2.18. The zero-order chi connectivity index (χ0) is 8.72. The summed E-state index contributed by atoms with van der Waals surface area (Å²) >= 11 is 0. The summed E-state index contributed by atoms with van der Waals surface area (Å²) in [6, 6.07) is 5.18. The van der Waals surface area contributed by atoms with Crippen LogP contribution in [-0.4, -0.2) is 5.78 Å². The van der Waals surface area contributed by atoms with Crippen LogP contribution in [0.1, 0.15) is 28.4 Å². The van der Waals surface area contributed by atoms with E-state index in [0.717, 1.165) is 5.56 Å². The molecule has 0 saturated heterocycles. The third-order valence-electron chi connectivity index (χ3n) is 2.18. The summed E-state index contributed by atoms with van der Waals surface area (Å²) < 4.78 is 0. The normalized spacial score (nSPS) is 21.1. The van der Waals surface area contributed by atoms with Crippen LogP contribution in [0.5, 0.6) is 0 Å². The maximum absolute atomic E-state index is 11.3. The van der Waals surface area contributed by atoms with Crippen molar-refractivity contribution >= 4 is 11.5 Å². The topological polar surface area (TPSA) is 69.1 Å². The molecule has 0 aliphatic heterocycles. The van der Waals surface area contributed by atoms with Crippen molar-refractivity contribution in [3.63, 3.8) is 0 Å². The number of anilines is 1. The van der Waals surface area contributed by atoms with Gasteiger partial charge in [0.05, 0.1) is 0 Å². The number of hydrogen-bond donors (Lipinski definition) is 2. The van der Waals surface area contributed by atoms with Gasteiger partial charge < -0.3 is 11.5 Å². The summed E-state index contributed by atoms with van der Waals surface area (Å²) in [4.78, 5) is 11.3. The largest absolute Gasteiger partial charge is 0.399 e. The van der Waals surface area contributed by atoms with Gasteiger partial charge in [-0.25, -0.2) is 0 Å². The molecule has 2 rings (SSSR count). The van der Waals surface area contributed by atoms with Crippen LogP contribution in [0.15, 0.2) is 18.2 Å². The van der Waals surface area contributed by atoms with Gasteiger partial charge in [-0.3, -0.25) is 4.79 Å². The maximum Gasteiger partial charge on any atom is 0.165 e. The maximum atomic E-state index is 11.3. The Morgan fingerprint density at radius 2 is 2.17 bits per heavy atom. The average molecular weight is 162 g/mol. The van der Waals surface area contributed by atoms with Gasteiger partial charge in [0, 0.05) is 23.7 Å². The molecular weight excluding hydrogens is 152 g/mol. The fourth-order valence-corrected chi connectivity index (χ4v) is 1.56. The zero-order valence-corrected chi connectivity index (χ0v) is 6.58. The minimum absolute atomic E-state index is 0.102. The van der Waals surface area contributed by atoms with Crippen LogP contribution in [0, 0.1) is 0 Å². The second-order valence-electron chi connectivity index (χ2n) is 3.08. The summed E-state index contributed by atoms with van der Waals surface area (Å²) in [5.74, 6) is 0.102. The molecule has 1 unspecified atom stereocenters. The van der Waals surface area contributed by atoms with E-state index in [2.05, 4.69) is 0 Å². The molecule has 0 heterocycles. The molecule has 12 heavy (non-hydrogen) atoms. The van der Waals surface area contributed by atoms with Gasteiger partial charge in [0.15, 0.2) is 5.78 Å². The van der Waals surface area contributed by atoms with E-state index in [-0.39, 0.29) is 11.8 Å². The van der Waals surface area contributed by atoms with E-state index < -0.39 is 0 Å². The lowest BCUT2D eigenvalue weighted by Crippen LogP contribution is -2.05. The lowest BCUT2D eigenvalue weighted by atomic mass is 10.1. The third kappa shape index (κ3) is 0.905. The molecule has 1 aromatic rings. The van der Waals surface area contributed by atoms with Crippen LogP contribution in [-0.2, 0) is 0 Å². The van der Waals surface area contributed by atoms with E-state index in [1.807, 2.05) is 6.07 Å². The van der Waals surface area contributed by atoms with Crippen molar-refractivity contribution in [1.29, 1.82) is 0 Å². The number of fused-ring (bicyclic) bond motifs is 1. The molecule has 0 amide bonds. The first-order valence-electron chi connectivity index (χ1n) is 3.86. The van der Waals surface area contributed by atoms with E-state index in [4.69, 9.17) is 11.5 Å². The quantitative estimate of drug-likeness (QED) is 0.556. The van der Waals surface area contributed by atoms with Crippen LogP contribution < -0.4 is 11.5 Å². The van der Waals surface area contributed by atoms with Gasteiger partial charge in [0.1, 0.15) is 0 Å². The number of hydrogen-bond acceptors (Lipinski definition) is 3. The predicted molar refractivity (Wildman–Crippen MR) is 46.7 cm³/mol. The zero-order valence-electron chi connectivity index (χ0n) is 6.58. The van der Waals surface area contributed by atoms with Crippen molar-refractivity contribution in [2.75, 3.05) is 5.73 Å². The molecule has 0 aromatic heterocycles. The highest BCUT2D eigenvalue weighted by molar-refractivity contribution is 6.01. The molecule has 1 aromatic carbocycles.